The fourth-order valence-electron chi connectivity index (χ4n) is 2.75. The van der Waals surface area contributed by atoms with Crippen molar-refractivity contribution in [1.82, 2.24) is 14.8 Å². The number of rotatable bonds is 9. The molecule has 5 nitrogen and oxygen atoms in total. The molecule has 0 radical (unpaired) electrons. The average molecular weight is 399 g/mol. The molecule has 2 aromatic carbocycles. The molecule has 146 valence electrons. The first kappa shape index (κ1) is 20.1. The van der Waals surface area contributed by atoms with Gasteiger partial charge in [-0.1, -0.05) is 23.9 Å². The van der Waals surface area contributed by atoms with Crippen molar-refractivity contribution in [2.75, 3.05) is 12.4 Å². The van der Waals surface area contributed by atoms with Crippen molar-refractivity contribution in [3.63, 3.8) is 0 Å². The van der Waals surface area contributed by atoms with Crippen LogP contribution in [0.3, 0.4) is 0 Å². The number of halogens is 1. The molecule has 0 unspecified atom stereocenters. The Kier molecular flexibility index (Phi) is 6.81. The highest BCUT2D eigenvalue weighted by atomic mass is 32.2. The first-order valence-corrected chi connectivity index (χ1v) is 10.1. The van der Waals surface area contributed by atoms with Crippen LogP contribution < -0.4 is 4.74 Å². The van der Waals surface area contributed by atoms with Crippen LogP contribution in [0, 0.1) is 5.82 Å². The smallest absolute Gasteiger partial charge is 0.196 e. The number of hydrogen-bond acceptors (Lipinski definition) is 5. The average Bonchev–Trinajstić information content (AvgIpc) is 3.10. The zero-order valence-electron chi connectivity index (χ0n) is 15.9. The number of hydrogen-bond donors (Lipinski definition) is 0. The predicted molar refractivity (Wildman–Crippen MR) is 109 cm³/mol. The molecule has 0 aliphatic carbocycles. The Bertz CT molecular complexity index is 941. The van der Waals surface area contributed by atoms with Crippen molar-refractivity contribution in [2.45, 2.75) is 31.8 Å². The minimum atomic E-state index is -0.347. The number of carbonyl (C=O) groups excluding carboxylic acids is 1. The van der Waals surface area contributed by atoms with Crippen LogP contribution in [-0.4, -0.2) is 32.9 Å². The van der Waals surface area contributed by atoms with Crippen molar-refractivity contribution in [3.05, 3.63) is 54.3 Å². The van der Waals surface area contributed by atoms with E-state index in [0.29, 0.717) is 35.4 Å². The van der Waals surface area contributed by atoms with Crippen LogP contribution >= 0.6 is 11.8 Å². The molecule has 0 fully saturated rings. The summed E-state index contributed by atoms with van der Waals surface area (Å²) in [7, 11) is 0. The third-order valence-electron chi connectivity index (χ3n) is 4.05. The lowest BCUT2D eigenvalue weighted by Crippen LogP contribution is -2.03. The van der Waals surface area contributed by atoms with E-state index in [1.165, 1.54) is 17.8 Å². The summed E-state index contributed by atoms with van der Waals surface area (Å²) in [5.74, 6) is 1.84. The summed E-state index contributed by atoms with van der Waals surface area (Å²) >= 11 is 1.47. The molecule has 0 aliphatic rings. The molecule has 3 aromatic rings. The van der Waals surface area contributed by atoms with Crippen molar-refractivity contribution in [2.24, 2.45) is 0 Å². The van der Waals surface area contributed by atoms with Gasteiger partial charge in [-0.25, -0.2) is 4.39 Å². The summed E-state index contributed by atoms with van der Waals surface area (Å²) in [6.45, 7) is 4.10. The lowest BCUT2D eigenvalue weighted by molar-refractivity contribution is -0.117. The zero-order valence-corrected chi connectivity index (χ0v) is 16.7. The Labute approximate surface area is 167 Å². The monoisotopic (exact) mass is 399 g/mol. The fourth-order valence-corrected chi connectivity index (χ4v) is 3.64. The van der Waals surface area contributed by atoms with Gasteiger partial charge in [0.25, 0.3) is 0 Å². The molecule has 3 rings (SSSR count). The van der Waals surface area contributed by atoms with Crippen LogP contribution in [0.25, 0.3) is 17.1 Å². The van der Waals surface area contributed by atoms with E-state index in [0.717, 1.165) is 17.7 Å². The first-order chi connectivity index (χ1) is 13.6. The van der Waals surface area contributed by atoms with Gasteiger partial charge in [-0.05, 0) is 56.7 Å². The van der Waals surface area contributed by atoms with Crippen molar-refractivity contribution < 1.29 is 13.9 Å². The molecule has 0 amide bonds. The second-order valence-corrected chi connectivity index (χ2v) is 7.27. The summed E-state index contributed by atoms with van der Waals surface area (Å²) in [6.07, 6.45) is 1.26. The van der Waals surface area contributed by atoms with Crippen LogP contribution in [0.15, 0.2) is 53.7 Å². The molecule has 0 atom stereocenters. The van der Waals surface area contributed by atoms with E-state index in [1.54, 1.807) is 29.7 Å². The molecule has 28 heavy (non-hydrogen) atoms. The van der Waals surface area contributed by atoms with Gasteiger partial charge in [-0.2, -0.15) is 0 Å². The Morgan fingerprint density at radius 2 is 1.89 bits per heavy atom. The van der Waals surface area contributed by atoms with Gasteiger partial charge in [0.05, 0.1) is 12.3 Å². The van der Waals surface area contributed by atoms with E-state index in [-0.39, 0.29) is 11.6 Å². The van der Waals surface area contributed by atoms with Crippen LogP contribution in [0.4, 0.5) is 4.39 Å². The van der Waals surface area contributed by atoms with Crippen molar-refractivity contribution in [3.8, 4) is 22.8 Å². The van der Waals surface area contributed by atoms with Crippen LogP contribution in [-0.2, 0) is 4.79 Å². The Balaban J connectivity index is 1.95. The Morgan fingerprint density at radius 1 is 1.14 bits per heavy atom. The SMILES string of the molecule is CCOc1ccc(-c2nnc(SCCCC(C)=O)n2-c2ccccc2F)cc1. The van der Waals surface area contributed by atoms with Crippen LogP contribution in [0.2, 0.25) is 0 Å². The van der Waals surface area contributed by atoms with Crippen molar-refractivity contribution >= 4 is 17.5 Å². The molecule has 1 heterocycles. The van der Waals surface area contributed by atoms with Gasteiger partial charge in [0, 0.05) is 17.7 Å². The number of thioether (sulfide) groups is 1. The minimum absolute atomic E-state index is 0.159. The van der Waals surface area contributed by atoms with Gasteiger partial charge in [0.1, 0.15) is 17.3 Å². The topological polar surface area (TPSA) is 57.0 Å². The number of aromatic nitrogens is 3. The number of para-hydroxylation sites is 1. The Hall–Kier alpha value is -2.67. The van der Waals surface area contributed by atoms with E-state index in [1.807, 2.05) is 31.2 Å². The number of Topliss-reactive ketones (excluding diaryl/α,β-unsaturated/α-hetero) is 1. The minimum Gasteiger partial charge on any atom is -0.494 e. The molecule has 0 bridgehead atoms. The number of ketones is 1. The molecule has 7 heteroatoms. The van der Waals surface area contributed by atoms with Gasteiger partial charge in [0.15, 0.2) is 11.0 Å². The maximum Gasteiger partial charge on any atom is 0.196 e. The molecule has 0 aliphatic heterocycles. The predicted octanol–water partition coefficient (Wildman–Crippen LogP) is 4.93. The lowest BCUT2D eigenvalue weighted by Gasteiger charge is -2.11. The van der Waals surface area contributed by atoms with Gasteiger partial charge >= 0.3 is 0 Å². The van der Waals surface area contributed by atoms with E-state index in [2.05, 4.69) is 10.2 Å². The summed E-state index contributed by atoms with van der Waals surface area (Å²) < 4.78 is 21.7. The zero-order chi connectivity index (χ0) is 19.9. The third kappa shape index (κ3) is 4.78. The standard InChI is InChI=1S/C21H22FN3O2S/c1-3-27-17-12-10-16(11-13-17)20-23-24-21(28-14-6-7-15(2)26)25(20)19-9-5-4-8-18(19)22/h4-5,8-13H,3,6-7,14H2,1-2H3. The number of nitrogens with zero attached hydrogens (tertiary/aromatic N) is 3. The number of benzene rings is 2. The third-order valence-corrected chi connectivity index (χ3v) is 5.07. The van der Waals surface area contributed by atoms with Crippen LogP contribution in [0.1, 0.15) is 26.7 Å². The number of ether oxygens (including phenoxy) is 1. The molecular weight excluding hydrogens is 377 g/mol. The summed E-state index contributed by atoms with van der Waals surface area (Å²) in [6, 6.07) is 14.0. The lowest BCUT2D eigenvalue weighted by atomic mass is 10.2. The fraction of sp³-hybridized carbons (Fsp3) is 0.286. The van der Waals surface area contributed by atoms with Gasteiger partial charge < -0.3 is 9.53 Å². The summed E-state index contributed by atoms with van der Waals surface area (Å²) in [5.41, 5.74) is 1.21. The molecule has 0 saturated heterocycles. The van der Waals surface area contributed by atoms with Crippen molar-refractivity contribution in [1.29, 1.82) is 0 Å². The van der Waals surface area contributed by atoms with Gasteiger partial charge in [0.2, 0.25) is 0 Å². The van der Waals surface area contributed by atoms with E-state index in [9.17, 15) is 9.18 Å². The normalized spacial score (nSPS) is 10.8. The highest BCUT2D eigenvalue weighted by molar-refractivity contribution is 7.99. The highest BCUT2D eigenvalue weighted by Gasteiger charge is 2.18. The second kappa shape index (κ2) is 9.50. The summed E-state index contributed by atoms with van der Waals surface area (Å²) in [4.78, 5) is 11.1. The van der Waals surface area contributed by atoms with Gasteiger partial charge in [-0.15, -0.1) is 10.2 Å². The number of carbonyl (C=O) groups is 1. The van der Waals surface area contributed by atoms with E-state index < -0.39 is 0 Å². The van der Waals surface area contributed by atoms with E-state index >= 15 is 0 Å². The van der Waals surface area contributed by atoms with E-state index in [4.69, 9.17) is 4.74 Å². The molecule has 0 saturated carbocycles. The molecule has 1 aromatic heterocycles. The highest BCUT2D eigenvalue weighted by Crippen LogP contribution is 2.30. The largest absolute Gasteiger partial charge is 0.494 e. The Morgan fingerprint density at radius 3 is 2.57 bits per heavy atom. The molecular formula is C21H22FN3O2S. The molecule has 0 spiro atoms. The second-order valence-electron chi connectivity index (χ2n) is 6.20. The van der Waals surface area contributed by atoms with Gasteiger partial charge in [-0.3, -0.25) is 4.57 Å². The van der Waals surface area contributed by atoms with Crippen LogP contribution in [0.5, 0.6) is 5.75 Å². The first-order valence-electron chi connectivity index (χ1n) is 9.16. The quantitative estimate of drug-likeness (QED) is 0.377. The maximum atomic E-state index is 14.5. The maximum absolute atomic E-state index is 14.5. The molecule has 0 N–H and O–H groups in total. The summed E-state index contributed by atoms with van der Waals surface area (Å²) in [5, 5.41) is 9.18.